The number of hydrogen-bond acceptors (Lipinski definition) is 4. The van der Waals surface area contributed by atoms with Gasteiger partial charge < -0.3 is 5.32 Å². The Hall–Kier alpha value is -3.00. The quantitative estimate of drug-likeness (QED) is 0.289. The van der Waals surface area contributed by atoms with E-state index in [1.165, 1.54) is 24.5 Å². The number of unbranched alkanes of at least 4 members (excludes halogenated alkanes) is 1. The molecule has 34 heavy (non-hydrogen) atoms. The van der Waals surface area contributed by atoms with Gasteiger partial charge in [0.2, 0.25) is 0 Å². The Kier molecular flexibility index (Phi) is 7.46. The van der Waals surface area contributed by atoms with Crippen LogP contribution in [0.5, 0.6) is 0 Å². The smallest absolute Gasteiger partial charge is 0.257 e. The number of amides is 1. The van der Waals surface area contributed by atoms with Gasteiger partial charge in [-0.2, -0.15) is 4.80 Å². The minimum absolute atomic E-state index is 0.161. The zero-order chi connectivity index (χ0) is 24.2. The van der Waals surface area contributed by atoms with Crippen molar-refractivity contribution in [3.8, 4) is 5.69 Å². The first-order valence-electron chi connectivity index (χ1n) is 10.9. The average Bonchev–Trinajstić information content (AvgIpc) is 3.22. The number of carbonyl (C=O) groups is 1. The highest BCUT2D eigenvalue weighted by atomic mass is 35.5. The lowest BCUT2D eigenvalue weighted by atomic mass is 10.1. The average molecular weight is 512 g/mol. The summed E-state index contributed by atoms with van der Waals surface area (Å²) in [5, 5.41) is 15.8. The number of hydrogen-bond donors (Lipinski definition) is 2. The molecule has 0 unspecified atom stereocenters. The second kappa shape index (κ2) is 10.5. The molecule has 0 atom stereocenters. The van der Waals surface area contributed by atoms with Crippen molar-refractivity contribution in [3.63, 3.8) is 0 Å². The van der Waals surface area contributed by atoms with Crippen LogP contribution in [0.15, 0.2) is 54.6 Å². The fraction of sp³-hybridized carbons (Fsp3) is 0.200. The third-order valence-corrected chi connectivity index (χ3v) is 6.31. The molecular weight excluding hydrogens is 489 g/mol. The van der Waals surface area contributed by atoms with E-state index >= 15 is 0 Å². The van der Waals surface area contributed by atoms with E-state index in [0.717, 1.165) is 28.9 Å². The van der Waals surface area contributed by atoms with Crippen molar-refractivity contribution in [2.45, 2.75) is 33.1 Å². The molecule has 0 aliphatic carbocycles. The SMILES string of the molecule is CCCCc1ccc(-n2nc3cc(C)c(NC(=S)NC(=O)c4ccc(Cl)c(Cl)c4)cc3n2)cc1. The number of benzene rings is 3. The zero-order valence-electron chi connectivity index (χ0n) is 18.7. The lowest BCUT2D eigenvalue weighted by Crippen LogP contribution is -2.34. The molecule has 174 valence electrons. The van der Waals surface area contributed by atoms with Crippen LogP contribution in [0.25, 0.3) is 16.7 Å². The molecule has 6 nitrogen and oxygen atoms in total. The topological polar surface area (TPSA) is 71.8 Å². The van der Waals surface area contributed by atoms with Crippen molar-refractivity contribution >= 4 is 63.2 Å². The zero-order valence-corrected chi connectivity index (χ0v) is 21.1. The van der Waals surface area contributed by atoms with Crippen LogP contribution in [0, 0.1) is 6.92 Å². The first kappa shape index (κ1) is 24.1. The van der Waals surface area contributed by atoms with Crippen LogP contribution in [0.4, 0.5) is 5.69 Å². The molecule has 0 aliphatic rings. The van der Waals surface area contributed by atoms with Crippen LogP contribution >= 0.6 is 35.4 Å². The van der Waals surface area contributed by atoms with Gasteiger partial charge >= 0.3 is 0 Å². The van der Waals surface area contributed by atoms with Gasteiger partial charge in [0.1, 0.15) is 11.0 Å². The van der Waals surface area contributed by atoms with E-state index in [1.54, 1.807) is 16.9 Å². The van der Waals surface area contributed by atoms with Gasteiger partial charge in [-0.25, -0.2) is 0 Å². The molecule has 3 aromatic carbocycles. The molecule has 0 aliphatic heterocycles. The number of fused-ring (bicyclic) bond motifs is 1. The molecule has 0 saturated carbocycles. The van der Waals surface area contributed by atoms with Crippen LogP contribution in [-0.2, 0) is 6.42 Å². The maximum atomic E-state index is 12.5. The molecule has 0 bridgehead atoms. The van der Waals surface area contributed by atoms with Gasteiger partial charge in [-0.15, -0.1) is 10.2 Å². The van der Waals surface area contributed by atoms with Crippen LogP contribution in [-0.4, -0.2) is 26.0 Å². The maximum absolute atomic E-state index is 12.5. The summed E-state index contributed by atoms with van der Waals surface area (Å²) in [4.78, 5) is 14.1. The van der Waals surface area contributed by atoms with E-state index < -0.39 is 0 Å². The summed E-state index contributed by atoms with van der Waals surface area (Å²) in [5.74, 6) is -0.386. The molecule has 0 radical (unpaired) electrons. The summed E-state index contributed by atoms with van der Waals surface area (Å²) in [7, 11) is 0. The van der Waals surface area contributed by atoms with Crippen molar-refractivity contribution in [2.24, 2.45) is 0 Å². The second-order valence-electron chi connectivity index (χ2n) is 7.95. The highest BCUT2D eigenvalue weighted by Gasteiger charge is 2.13. The van der Waals surface area contributed by atoms with Crippen LogP contribution in [0.1, 0.15) is 41.3 Å². The Bertz CT molecular complexity index is 1370. The van der Waals surface area contributed by atoms with E-state index in [-0.39, 0.29) is 11.0 Å². The van der Waals surface area contributed by atoms with Gasteiger partial charge in [-0.3, -0.25) is 10.1 Å². The monoisotopic (exact) mass is 511 g/mol. The number of anilines is 1. The number of carbonyl (C=O) groups excluding carboxylic acids is 1. The van der Waals surface area contributed by atoms with Crippen LogP contribution in [0.3, 0.4) is 0 Å². The molecule has 1 amide bonds. The largest absolute Gasteiger partial charge is 0.332 e. The summed E-state index contributed by atoms with van der Waals surface area (Å²) in [6.45, 7) is 4.13. The summed E-state index contributed by atoms with van der Waals surface area (Å²) in [5.41, 5.74) is 5.68. The molecule has 1 heterocycles. The number of nitrogens with one attached hydrogen (secondary N) is 2. The molecule has 4 rings (SSSR count). The van der Waals surface area contributed by atoms with Gasteiger partial charge in [0.15, 0.2) is 5.11 Å². The normalized spacial score (nSPS) is 10.9. The van der Waals surface area contributed by atoms with Gasteiger partial charge in [0, 0.05) is 11.3 Å². The Balaban J connectivity index is 1.48. The summed E-state index contributed by atoms with van der Waals surface area (Å²) < 4.78 is 0. The van der Waals surface area contributed by atoms with Gasteiger partial charge in [0.05, 0.1) is 15.7 Å². The predicted octanol–water partition coefficient (Wildman–Crippen LogP) is 6.51. The van der Waals surface area contributed by atoms with Crippen molar-refractivity contribution in [2.75, 3.05) is 5.32 Å². The minimum atomic E-state index is -0.386. The second-order valence-corrected chi connectivity index (χ2v) is 9.18. The van der Waals surface area contributed by atoms with Gasteiger partial charge in [-0.05, 0) is 85.6 Å². The molecule has 0 saturated heterocycles. The van der Waals surface area contributed by atoms with Gasteiger partial charge in [0.25, 0.3) is 5.91 Å². The fourth-order valence-electron chi connectivity index (χ4n) is 3.46. The fourth-order valence-corrected chi connectivity index (χ4v) is 3.96. The van der Waals surface area contributed by atoms with E-state index in [0.29, 0.717) is 21.1 Å². The van der Waals surface area contributed by atoms with Crippen LogP contribution in [0.2, 0.25) is 10.0 Å². The highest BCUT2D eigenvalue weighted by molar-refractivity contribution is 7.80. The minimum Gasteiger partial charge on any atom is -0.332 e. The summed E-state index contributed by atoms with van der Waals surface area (Å²) in [6, 6.07) is 16.7. The number of nitrogens with zero attached hydrogens (tertiary/aromatic N) is 3. The molecule has 9 heteroatoms. The van der Waals surface area contributed by atoms with E-state index in [4.69, 9.17) is 35.4 Å². The first-order valence-corrected chi connectivity index (χ1v) is 12.0. The van der Waals surface area contributed by atoms with Gasteiger partial charge in [-0.1, -0.05) is 48.7 Å². The molecular formula is C25H23Cl2N5OS. The maximum Gasteiger partial charge on any atom is 0.257 e. The Morgan fingerprint density at radius 3 is 2.38 bits per heavy atom. The standard InChI is InChI=1S/C25H23Cl2N5OS/c1-3-4-5-16-6-9-18(10-7-16)32-30-22-12-15(2)21(14-23(22)31-32)28-25(34)29-24(33)17-8-11-19(26)20(27)13-17/h6-14H,3-5H2,1-2H3,(H2,28,29,33,34). The van der Waals surface area contributed by atoms with Crippen molar-refractivity contribution < 1.29 is 4.79 Å². The van der Waals surface area contributed by atoms with E-state index in [9.17, 15) is 4.79 Å². The first-order chi connectivity index (χ1) is 16.3. The lowest BCUT2D eigenvalue weighted by Gasteiger charge is -2.12. The molecule has 4 aromatic rings. The van der Waals surface area contributed by atoms with Crippen molar-refractivity contribution in [3.05, 3.63) is 81.3 Å². The molecule has 2 N–H and O–H groups in total. The highest BCUT2D eigenvalue weighted by Crippen LogP contribution is 2.24. The Morgan fingerprint density at radius 1 is 1.00 bits per heavy atom. The van der Waals surface area contributed by atoms with Crippen molar-refractivity contribution in [1.82, 2.24) is 20.3 Å². The molecule has 1 aromatic heterocycles. The number of aryl methyl sites for hydroxylation is 2. The summed E-state index contributed by atoms with van der Waals surface area (Å²) >= 11 is 17.2. The molecule has 0 fully saturated rings. The number of thiocarbonyl (C=S) groups is 1. The third-order valence-electron chi connectivity index (χ3n) is 5.37. The van der Waals surface area contributed by atoms with E-state index in [1.807, 2.05) is 31.2 Å². The molecule has 0 spiro atoms. The number of halogens is 2. The lowest BCUT2D eigenvalue weighted by molar-refractivity contribution is 0.0977. The van der Waals surface area contributed by atoms with Crippen LogP contribution < -0.4 is 10.6 Å². The Labute approximate surface area is 213 Å². The number of aromatic nitrogens is 3. The van der Waals surface area contributed by atoms with E-state index in [2.05, 4.69) is 39.9 Å². The van der Waals surface area contributed by atoms with Crippen molar-refractivity contribution in [1.29, 1.82) is 0 Å². The predicted molar refractivity (Wildman–Crippen MR) is 142 cm³/mol. The third kappa shape index (κ3) is 5.55. The number of rotatable bonds is 6. The summed E-state index contributed by atoms with van der Waals surface area (Å²) in [6.07, 6.45) is 3.42. The Morgan fingerprint density at radius 2 is 1.71 bits per heavy atom.